The smallest absolute Gasteiger partial charge is 0.415 e. The van der Waals surface area contributed by atoms with Crippen molar-refractivity contribution in [2.24, 2.45) is 0 Å². The van der Waals surface area contributed by atoms with Crippen molar-refractivity contribution < 1.29 is 46.8 Å². The van der Waals surface area contributed by atoms with Crippen LogP contribution in [-0.4, -0.2) is 68.3 Å². The van der Waals surface area contributed by atoms with Crippen molar-refractivity contribution >= 4 is 12.1 Å². The number of amides is 1. The van der Waals surface area contributed by atoms with E-state index in [1.807, 2.05) is 0 Å². The number of benzene rings is 2. The highest BCUT2D eigenvalue weighted by atomic mass is 19.4. The highest BCUT2D eigenvalue weighted by molar-refractivity contribution is 5.71. The third-order valence-corrected chi connectivity index (χ3v) is 4.69. The van der Waals surface area contributed by atoms with Crippen LogP contribution in [0.25, 0.3) is 0 Å². The molecule has 0 aliphatic heterocycles. The first-order valence-electron chi connectivity index (χ1n) is 10.9. The average Bonchev–Trinajstić information content (AvgIpc) is 2.81. The van der Waals surface area contributed by atoms with E-state index in [9.17, 15) is 22.8 Å². The summed E-state index contributed by atoms with van der Waals surface area (Å²) >= 11 is 0. The Hall–Kier alpha value is -3.47. The Balaban J connectivity index is 1.92. The maximum Gasteiger partial charge on any atom is 0.415 e. The number of halogens is 3. The number of ether oxygens (including phenoxy) is 4. The van der Waals surface area contributed by atoms with Gasteiger partial charge in [-0.3, -0.25) is 4.79 Å². The van der Waals surface area contributed by atoms with Crippen LogP contribution in [0.15, 0.2) is 48.5 Å². The van der Waals surface area contributed by atoms with Crippen LogP contribution >= 0.6 is 0 Å². The van der Waals surface area contributed by atoms with Gasteiger partial charge in [0.15, 0.2) is 11.5 Å². The number of para-hydroxylation sites is 2. The third kappa shape index (κ3) is 11.0. The van der Waals surface area contributed by atoms with Crippen molar-refractivity contribution in [3.63, 3.8) is 0 Å². The van der Waals surface area contributed by atoms with Gasteiger partial charge in [-0.05, 0) is 42.7 Å². The molecule has 0 atom stereocenters. The summed E-state index contributed by atoms with van der Waals surface area (Å²) in [6, 6.07) is 13.5. The normalized spacial score (nSPS) is 11.1. The zero-order valence-corrected chi connectivity index (χ0v) is 19.3. The van der Waals surface area contributed by atoms with Crippen molar-refractivity contribution in [1.29, 1.82) is 0 Å². The molecule has 0 saturated heterocycles. The predicted octanol–water partition coefficient (Wildman–Crippen LogP) is 4.56. The molecule has 8 nitrogen and oxygen atoms in total. The summed E-state index contributed by atoms with van der Waals surface area (Å²) in [6.07, 6.45) is -4.54. The van der Waals surface area contributed by atoms with E-state index < -0.39 is 24.8 Å². The fraction of sp³-hybridized carbons (Fsp3) is 0.417. The number of carbonyl (C=O) groups is 2. The molecule has 0 heterocycles. The molecule has 0 aliphatic carbocycles. The molecule has 0 unspecified atom stereocenters. The molecule has 2 aromatic rings. The van der Waals surface area contributed by atoms with Gasteiger partial charge in [0.05, 0.1) is 13.7 Å². The largest absolute Gasteiger partial charge is 0.493 e. The summed E-state index contributed by atoms with van der Waals surface area (Å²) in [5.74, 6) is 0.203. The molecule has 2 aromatic carbocycles. The second-order valence-corrected chi connectivity index (χ2v) is 7.41. The Morgan fingerprint density at radius 1 is 0.971 bits per heavy atom. The molecule has 0 fully saturated rings. The molecule has 11 heteroatoms. The topological polar surface area (TPSA) is 94.5 Å². The summed E-state index contributed by atoms with van der Waals surface area (Å²) in [4.78, 5) is 24.7. The summed E-state index contributed by atoms with van der Waals surface area (Å²) < 4.78 is 57.6. The van der Waals surface area contributed by atoms with Gasteiger partial charge in [0.1, 0.15) is 19.0 Å². The van der Waals surface area contributed by atoms with E-state index in [1.54, 1.807) is 48.5 Å². The zero-order valence-electron chi connectivity index (χ0n) is 19.3. The number of rotatable bonds is 14. The monoisotopic (exact) mass is 499 g/mol. The summed E-state index contributed by atoms with van der Waals surface area (Å²) in [5, 5.41) is 8.76. The van der Waals surface area contributed by atoms with Crippen LogP contribution in [0.5, 0.6) is 17.2 Å². The van der Waals surface area contributed by atoms with Crippen LogP contribution in [0.1, 0.15) is 18.4 Å². The average molecular weight is 499 g/mol. The number of methoxy groups -OCH3 is 1. The number of carbonyl (C=O) groups excluding carboxylic acids is 1. The van der Waals surface area contributed by atoms with Crippen LogP contribution in [0.3, 0.4) is 0 Å². The highest BCUT2D eigenvalue weighted by Gasteiger charge is 2.27. The first-order chi connectivity index (χ1) is 16.7. The van der Waals surface area contributed by atoms with Crippen LogP contribution < -0.4 is 14.2 Å². The van der Waals surface area contributed by atoms with Crippen molar-refractivity contribution in [3.05, 3.63) is 54.1 Å². The van der Waals surface area contributed by atoms with Crippen molar-refractivity contribution in [3.8, 4) is 17.2 Å². The van der Waals surface area contributed by atoms with Gasteiger partial charge in [-0.25, -0.2) is 4.79 Å². The second-order valence-electron chi connectivity index (χ2n) is 7.41. The molecule has 0 radical (unpaired) electrons. The van der Waals surface area contributed by atoms with Crippen LogP contribution in [0.4, 0.5) is 18.0 Å². The molecule has 0 bridgehead atoms. The molecule has 35 heavy (non-hydrogen) atoms. The molecule has 1 amide bonds. The van der Waals surface area contributed by atoms with Crippen molar-refractivity contribution in [2.75, 3.05) is 40.0 Å². The molecule has 1 N–H and O–H groups in total. The minimum Gasteiger partial charge on any atom is -0.493 e. The number of aliphatic carboxylic acids is 1. The number of carboxylic acids is 1. The molecule has 2 rings (SSSR count). The molecule has 0 aromatic heterocycles. The Kier molecular flexibility index (Phi) is 11.1. The molecule has 0 saturated carbocycles. The van der Waals surface area contributed by atoms with Gasteiger partial charge < -0.3 is 29.0 Å². The Morgan fingerprint density at radius 3 is 2.29 bits per heavy atom. The lowest BCUT2D eigenvalue weighted by Gasteiger charge is -2.22. The van der Waals surface area contributed by atoms with Gasteiger partial charge in [0.2, 0.25) is 0 Å². The standard InChI is InChI=1S/C24H28F3NO7/c1-32-20-5-2-3-6-21(20)35-23(31)28(13-4-15-33-17-24(25,26)27)14-16-34-19-10-7-18(8-11-19)9-12-22(29)30/h2-3,5-8,10-11H,4,9,12-17H2,1H3,(H,29,30). The number of nitrogens with zero attached hydrogens (tertiary/aromatic N) is 1. The minimum absolute atomic E-state index is 0.0240. The number of carboxylic acid groups (broad SMARTS) is 1. The first kappa shape index (κ1) is 27.8. The summed E-state index contributed by atoms with van der Waals surface area (Å²) in [5.41, 5.74) is 0.848. The van der Waals surface area contributed by atoms with E-state index in [0.29, 0.717) is 17.9 Å². The fourth-order valence-corrected chi connectivity index (χ4v) is 2.98. The number of hydrogen-bond acceptors (Lipinski definition) is 6. The van der Waals surface area contributed by atoms with Gasteiger partial charge in [0.25, 0.3) is 0 Å². The lowest BCUT2D eigenvalue weighted by atomic mass is 10.1. The van der Waals surface area contributed by atoms with E-state index in [2.05, 4.69) is 4.74 Å². The minimum atomic E-state index is -4.42. The molecular formula is C24H28F3NO7. The summed E-state index contributed by atoms with van der Waals surface area (Å²) in [7, 11) is 1.43. The molecule has 0 aliphatic rings. The number of alkyl halides is 3. The van der Waals surface area contributed by atoms with Gasteiger partial charge in [-0.15, -0.1) is 0 Å². The predicted molar refractivity (Wildman–Crippen MR) is 120 cm³/mol. The fourth-order valence-electron chi connectivity index (χ4n) is 2.98. The number of hydrogen-bond donors (Lipinski definition) is 1. The maximum absolute atomic E-state index is 12.7. The van der Waals surface area contributed by atoms with Crippen LogP contribution in [0, 0.1) is 0 Å². The molecular weight excluding hydrogens is 471 g/mol. The van der Waals surface area contributed by atoms with Gasteiger partial charge in [-0.1, -0.05) is 24.3 Å². The van der Waals surface area contributed by atoms with Gasteiger partial charge >= 0.3 is 18.2 Å². The van der Waals surface area contributed by atoms with Crippen molar-refractivity contribution in [1.82, 2.24) is 4.90 Å². The lowest BCUT2D eigenvalue weighted by molar-refractivity contribution is -0.174. The van der Waals surface area contributed by atoms with Crippen LogP contribution in [-0.2, 0) is 16.0 Å². The van der Waals surface area contributed by atoms with Gasteiger partial charge in [0, 0.05) is 19.6 Å². The number of aryl methyl sites for hydroxylation is 1. The SMILES string of the molecule is COc1ccccc1OC(=O)N(CCCOCC(F)(F)F)CCOc1ccc(CCC(=O)O)cc1. The van der Waals surface area contributed by atoms with Gasteiger partial charge in [-0.2, -0.15) is 13.2 Å². The molecule has 192 valence electrons. The Labute approximate surface area is 201 Å². The zero-order chi connectivity index (χ0) is 25.7. The van der Waals surface area contributed by atoms with Crippen molar-refractivity contribution in [2.45, 2.75) is 25.4 Å². The first-order valence-corrected chi connectivity index (χ1v) is 10.9. The lowest BCUT2D eigenvalue weighted by Crippen LogP contribution is -2.38. The Bertz CT molecular complexity index is 935. The van der Waals surface area contributed by atoms with E-state index in [0.717, 1.165) is 5.56 Å². The quantitative estimate of drug-likeness (QED) is 0.381. The highest BCUT2D eigenvalue weighted by Crippen LogP contribution is 2.26. The second kappa shape index (κ2) is 14.1. The van der Waals surface area contributed by atoms with E-state index in [4.69, 9.17) is 19.3 Å². The third-order valence-electron chi connectivity index (χ3n) is 4.69. The Morgan fingerprint density at radius 2 is 1.66 bits per heavy atom. The van der Waals surface area contributed by atoms with Crippen LogP contribution in [0.2, 0.25) is 0 Å². The van der Waals surface area contributed by atoms with E-state index >= 15 is 0 Å². The molecule has 0 spiro atoms. The maximum atomic E-state index is 12.7. The van der Waals surface area contributed by atoms with E-state index in [1.165, 1.54) is 12.0 Å². The summed E-state index contributed by atoms with van der Waals surface area (Å²) in [6.45, 7) is -1.25. The van der Waals surface area contributed by atoms with E-state index in [-0.39, 0.29) is 44.9 Å².